The van der Waals surface area contributed by atoms with Crippen LogP contribution in [-0.2, 0) is 19.8 Å². The largest absolute Gasteiger partial charge is 0.481 e. The Bertz CT molecular complexity index is 492. The fourth-order valence-electron chi connectivity index (χ4n) is 2.17. The number of nitrogens with one attached hydrogen (secondary N) is 1. The Kier molecular flexibility index (Phi) is 5.11. The highest BCUT2D eigenvalue weighted by molar-refractivity contribution is 7.86. The Morgan fingerprint density at radius 3 is 2.55 bits per heavy atom. The second kappa shape index (κ2) is 6.06. The number of nitrogens with zero attached hydrogens (tertiary/aromatic N) is 2. The molecule has 8 nitrogen and oxygen atoms in total. The summed E-state index contributed by atoms with van der Waals surface area (Å²) in [6, 6.07) is 0. The van der Waals surface area contributed by atoms with Crippen LogP contribution in [0.15, 0.2) is 0 Å². The fraction of sp³-hybridized carbons (Fsp3) is 0.818. The first-order valence-electron chi connectivity index (χ1n) is 6.29. The van der Waals surface area contributed by atoms with Gasteiger partial charge in [0.1, 0.15) is 0 Å². The maximum atomic E-state index is 12.3. The Morgan fingerprint density at radius 2 is 2.05 bits per heavy atom. The third-order valence-corrected chi connectivity index (χ3v) is 5.51. The molecule has 1 amide bonds. The van der Waals surface area contributed by atoms with Gasteiger partial charge in [-0.1, -0.05) is 0 Å². The smallest absolute Gasteiger partial charge is 0.304 e. The highest BCUT2D eigenvalue weighted by atomic mass is 32.2. The molecule has 0 spiro atoms. The van der Waals surface area contributed by atoms with E-state index in [1.165, 1.54) is 18.4 Å². The first kappa shape index (κ1) is 16.9. The van der Waals surface area contributed by atoms with E-state index in [-0.39, 0.29) is 32.0 Å². The van der Waals surface area contributed by atoms with Crippen LogP contribution in [0.2, 0.25) is 0 Å². The summed E-state index contributed by atoms with van der Waals surface area (Å²) in [7, 11) is -0.865. The second-order valence-corrected chi connectivity index (χ2v) is 7.23. The second-order valence-electron chi connectivity index (χ2n) is 5.20. The monoisotopic (exact) mass is 307 g/mol. The SMILES string of the molecule is CNC(=O)C1(C)CCN(S(=O)(=O)N(C)CCC(=O)O)C1. The van der Waals surface area contributed by atoms with Crippen molar-refractivity contribution in [2.24, 2.45) is 5.41 Å². The number of hydrogen-bond donors (Lipinski definition) is 2. The molecule has 2 N–H and O–H groups in total. The lowest BCUT2D eigenvalue weighted by Crippen LogP contribution is -2.44. The summed E-state index contributed by atoms with van der Waals surface area (Å²) in [6.45, 7) is 1.99. The third kappa shape index (κ3) is 3.47. The zero-order chi connectivity index (χ0) is 15.6. The number of hydrogen-bond acceptors (Lipinski definition) is 4. The molecule has 0 aromatic heterocycles. The molecule has 1 unspecified atom stereocenters. The summed E-state index contributed by atoms with van der Waals surface area (Å²) < 4.78 is 26.8. The molecule has 9 heteroatoms. The van der Waals surface area contributed by atoms with Crippen LogP contribution in [0, 0.1) is 5.41 Å². The molecule has 0 aromatic rings. The summed E-state index contributed by atoms with van der Waals surface area (Å²) in [5, 5.41) is 11.1. The van der Waals surface area contributed by atoms with Crippen molar-refractivity contribution >= 4 is 22.1 Å². The van der Waals surface area contributed by atoms with Crippen molar-refractivity contribution in [3.05, 3.63) is 0 Å². The summed E-state index contributed by atoms with van der Waals surface area (Å²) in [4.78, 5) is 22.3. The van der Waals surface area contributed by atoms with Crippen molar-refractivity contribution in [3.8, 4) is 0 Å². The average molecular weight is 307 g/mol. The highest BCUT2D eigenvalue weighted by Crippen LogP contribution is 2.32. The van der Waals surface area contributed by atoms with Crippen molar-refractivity contribution in [1.29, 1.82) is 0 Å². The summed E-state index contributed by atoms with van der Waals surface area (Å²) in [6.07, 6.45) is 0.189. The van der Waals surface area contributed by atoms with E-state index < -0.39 is 21.6 Å². The lowest BCUT2D eigenvalue weighted by Gasteiger charge is -2.26. The van der Waals surface area contributed by atoms with Gasteiger partial charge in [0.25, 0.3) is 10.2 Å². The molecule has 0 aromatic carbocycles. The summed E-state index contributed by atoms with van der Waals surface area (Å²) >= 11 is 0. The van der Waals surface area contributed by atoms with E-state index in [2.05, 4.69) is 5.32 Å². The molecule has 1 saturated heterocycles. The van der Waals surface area contributed by atoms with Crippen molar-refractivity contribution < 1.29 is 23.1 Å². The molecule has 1 rings (SSSR count). The van der Waals surface area contributed by atoms with E-state index >= 15 is 0 Å². The van der Waals surface area contributed by atoms with Crippen molar-refractivity contribution in [1.82, 2.24) is 13.9 Å². The first-order valence-corrected chi connectivity index (χ1v) is 7.68. The maximum Gasteiger partial charge on any atom is 0.304 e. The minimum absolute atomic E-state index is 0.0924. The van der Waals surface area contributed by atoms with Gasteiger partial charge in [0.05, 0.1) is 11.8 Å². The topological polar surface area (TPSA) is 107 Å². The predicted molar refractivity (Wildman–Crippen MR) is 72.2 cm³/mol. The van der Waals surface area contributed by atoms with E-state index in [1.807, 2.05) is 0 Å². The molecule has 116 valence electrons. The zero-order valence-electron chi connectivity index (χ0n) is 11.9. The van der Waals surface area contributed by atoms with Gasteiger partial charge in [-0.2, -0.15) is 17.0 Å². The van der Waals surface area contributed by atoms with Crippen molar-refractivity contribution in [3.63, 3.8) is 0 Å². The molecule has 1 heterocycles. The molecular weight excluding hydrogens is 286 g/mol. The molecule has 0 aliphatic carbocycles. The van der Waals surface area contributed by atoms with Gasteiger partial charge in [-0.25, -0.2) is 0 Å². The Hall–Kier alpha value is -1.19. The van der Waals surface area contributed by atoms with Gasteiger partial charge < -0.3 is 10.4 Å². The van der Waals surface area contributed by atoms with Crippen LogP contribution in [0.25, 0.3) is 0 Å². The lowest BCUT2D eigenvalue weighted by atomic mass is 9.89. The van der Waals surface area contributed by atoms with Gasteiger partial charge >= 0.3 is 5.97 Å². The van der Waals surface area contributed by atoms with E-state index in [0.29, 0.717) is 6.42 Å². The molecule has 1 atom stereocenters. The maximum absolute atomic E-state index is 12.3. The van der Waals surface area contributed by atoms with Crippen LogP contribution < -0.4 is 5.32 Å². The molecule has 1 fully saturated rings. The number of rotatable bonds is 6. The number of aliphatic carboxylic acids is 1. The van der Waals surface area contributed by atoms with Gasteiger partial charge in [0.15, 0.2) is 0 Å². The lowest BCUT2D eigenvalue weighted by molar-refractivity contribution is -0.137. The Morgan fingerprint density at radius 1 is 1.45 bits per heavy atom. The van der Waals surface area contributed by atoms with Crippen LogP contribution in [-0.4, -0.2) is 67.7 Å². The van der Waals surface area contributed by atoms with E-state index in [4.69, 9.17) is 5.11 Å². The standard InChI is InChI=1S/C11H21N3O5S/c1-11(10(17)12-2)5-7-14(8-11)20(18,19)13(3)6-4-9(15)16/h4-8H2,1-3H3,(H,12,17)(H,15,16). The summed E-state index contributed by atoms with van der Waals surface area (Å²) in [5.74, 6) is -1.24. The average Bonchev–Trinajstić information content (AvgIpc) is 2.79. The quantitative estimate of drug-likeness (QED) is 0.661. The van der Waals surface area contributed by atoms with E-state index in [1.54, 1.807) is 6.92 Å². The van der Waals surface area contributed by atoms with Crippen LogP contribution in [0.3, 0.4) is 0 Å². The van der Waals surface area contributed by atoms with Gasteiger partial charge in [0, 0.05) is 33.7 Å². The van der Waals surface area contributed by atoms with Crippen molar-refractivity contribution in [2.45, 2.75) is 19.8 Å². The number of carboxylic acids is 1. The minimum Gasteiger partial charge on any atom is -0.481 e. The number of carbonyl (C=O) groups excluding carboxylic acids is 1. The molecule has 0 radical (unpaired) electrons. The summed E-state index contributed by atoms with van der Waals surface area (Å²) in [5.41, 5.74) is -0.741. The molecule has 1 aliphatic rings. The van der Waals surface area contributed by atoms with Crippen LogP contribution in [0.4, 0.5) is 0 Å². The minimum atomic E-state index is -3.72. The van der Waals surface area contributed by atoms with E-state index in [0.717, 1.165) is 4.31 Å². The van der Waals surface area contributed by atoms with Crippen LogP contribution >= 0.6 is 0 Å². The number of carbonyl (C=O) groups is 2. The molecule has 1 aliphatic heterocycles. The van der Waals surface area contributed by atoms with Gasteiger partial charge in [0.2, 0.25) is 5.91 Å². The van der Waals surface area contributed by atoms with Crippen LogP contribution in [0.5, 0.6) is 0 Å². The highest BCUT2D eigenvalue weighted by Gasteiger charge is 2.44. The van der Waals surface area contributed by atoms with E-state index in [9.17, 15) is 18.0 Å². The molecule has 0 saturated carbocycles. The molecule has 20 heavy (non-hydrogen) atoms. The number of carboxylic acid groups (broad SMARTS) is 1. The zero-order valence-corrected chi connectivity index (χ0v) is 12.7. The van der Waals surface area contributed by atoms with Crippen LogP contribution in [0.1, 0.15) is 19.8 Å². The van der Waals surface area contributed by atoms with Gasteiger partial charge in [-0.3, -0.25) is 9.59 Å². The Labute approximate surface area is 118 Å². The normalized spacial score (nSPS) is 24.0. The van der Waals surface area contributed by atoms with Crippen molar-refractivity contribution in [2.75, 3.05) is 33.7 Å². The Balaban J connectivity index is 2.76. The molecule has 0 bridgehead atoms. The first-order chi connectivity index (χ1) is 9.13. The fourth-order valence-corrected chi connectivity index (χ4v) is 3.65. The predicted octanol–water partition coefficient (Wildman–Crippen LogP) is -0.904. The third-order valence-electron chi connectivity index (χ3n) is 3.57. The number of amides is 1. The molecular formula is C11H21N3O5S. The van der Waals surface area contributed by atoms with Gasteiger partial charge in [-0.15, -0.1) is 0 Å². The van der Waals surface area contributed by atoms with Gasteiger partial charge in [-0.05, 0) is 13.3 Å².